The Labute approximate surface area is 108 Å². The lowest BCUT2D eigenvalue weighted by atomic mass is 9.95. The third-order valence-electron chi connectivity index (χ3n) is 3.81. The van der Waals surface area contributed by atoms with Crippen molar-refractivity contribution in [1.29, 1.82) is 0 Å². The second kappa shape index (κ2) is 5.04. The predicted octanol–water partition coefficient (Wildman–Crippen LogP) is 2.90. The molecule has 1 aliphatic heterocycles. The van der Waals surface area contributed by atoms with Gasteiger partial charge in [0.05, 0.1) is 18.5 Å². The van der Waals surface area contributed by atoms with Crippen LogP contribution in [0.2, 0.25) is 0 Å². The molecule has 1 aromatic rings. The number of nitrogens with two attached hydrogens (primary N) is 1. The van der Waals surface area contributed by atoms with Gasteiger partial charge in [0, 0.05) is 25.2 Å². The van der Waals surface area contributed by atoms with E-state index in [1.54, 1.807) is 6.07 Å². The summed E-state index contributed by atoms with van der Waals surface area (Å²) in [5.74, 6) is 1.20. The molecule has 0 aliphatic carbocycles. The van der Waals surface area contributed by atoms with Gasteiger partial charge in [-0.2, -0.15) is 0 Å². The fourth-order valence-electron chi connectivity index (χ4n) is 2.54. The molecule has 1 aliphatic rings. The Balaban J connectivity index is 2.24. The summed E-state index contributed by atoms with van der Waals surface area (Å²) in [6.45, 7) is 6.43. The zero-order valence-electron chi connectivity index (χ0n) is 11.2. The standard InChI is InChI=1S/C14H21FN2O/c1-9(2)10-4-5-17(8-10)13-7-14(18-3)11(15)6-12(13)16/h6-7,9-10H,4-5,8,16H2,1-3H3. The largest absolute Gasteiger partial charge is 0.494 e. The van der Waals surface area contributed by atoms with Crippen LogP contribution in [0.25, 0.3) is 0 Å². The molecule has 1 unspecified atom stereocenters. The minimum Gasteiger partial charge on any atom is -0.494 e. The molecule has 1 fully saturated rings. The maximum Gasteiger partial charge on any atom is 0.167 e. The topological polar surface area (TPSA) is 38.5 Å². The van der Waals surface area contributed by atoms with Gasteiger partial charge in [0.15, 0.2) is 11.6 Å². The van der Waals surface area contributed by atoms with Crippen LogP contribution in [0.4, 0.5) is 15.8 Å². The molecule has 0 radical (unpaired) electrons. The van der Waals surface area contributed by atoms with E-state index >= 15 is 0 Å². The van der Waals surface area contributed by atoms with Gasteiger partial charge in [0.2, 0.25) is 0 Å². The first kappa shape index (κ1) is 13.0. The van der Waals surface area contributed by atoms with E-state index in [-0.39, 0.29) is 5.75 Å². The van der Waals surface area contributed by atoms with Crippen molar-refractivity contribution in [3.8, 4) is 5.75 Å². The number of halogens is 1. The molecule has 1 saturated heterocycles. The third-order valence-corrected chi connectivity index (χ3v) is 3.81. The molecular formula is C14H21FN2O. The number of benzene rings is 1. The summed E-state index contributed by atoms with van der Waals surface area (Å²) in [5.41, 5.74) is 7.28. The molecule has 0 spiro atoms. The number of methoxy groups -OCH3 is 1. The van der Waals surface area contributed by atoms with Crippen molar-refractivity contribution in [1.82, 2.24) is 0 Å². The molecule has 2 rings (SSSR count). The molecule has 18 heavy (non-hydrogen) atoms. The van der Waals surface area contributed by atoms with Gasteiger partial charge < -0.3 is 15.4 Å². The fourth-order valence-corrected chi connectivity index (χ4v) is 2.54. The van der Waals surface area contributed by atoms with Gasteiger partial charge in [-0.3, -0.25) is 0 Å². The van der Waals surface area contributed by atoms with E-state index in [1.165, 1.54) is 13.2 Å². The van der Waals surface area contributed by atoms with Crippen molar-refractivity contribution in [2.24, 2.45) is 11.8 Å². The SMILES string of the molecule is COc1cc(N2CCC(C(C)C)C2)c(N)cc1F. The summed E-state index contributed by atoms with van der Waals surface area (Å²) >= 11 is 0. The molecule has 1 aromatic carbocycles. The van der Waals surface area contributed by atoms with Crippen LogP contribution >= 0.6 is 0 Å². The van der Waals surface area contributed by atoms with Crippen LogP contribution in [-0.4, -0.2) is 20.2 Å². The van der Waals surface area contributed by atoms with Crippen LogP contribution in [0.15, 0.2) is 12.1 Å². The maximum atomic E-state index is 13.5. The molecular weight excluding hydrogens is 231 g/mol. The van der Waals surface area contributed by atoms with Gasteiger partial charge in [-0.25, -0.2) is 4.39 Å². The molecule has 0 aromatic heterocycles. The van der Waals surface area contributed by atoms with Gasteiger partial charge in [0.25, 0.3) is 0 Å². The second-order valence-corrected chi connectivity index (χ2v) is 5.28. The average molecular weight is 252 g/mol. The Bertz CT molecular complexity index is 434. The highest BCUT2D eigenvalue weighted by Crippen LogP contribution is 2.35. The zero-order chi connectivity index (χ0) is 13.3. The Morgan fingerprint density at radius 3 is 2.72 bits per heavy atom. The smallest absolute Gasteiger partial charge is 0.167 e. The molecule has 4 heteroatoms. The molecule has 2 N–H and O–H groups in total. The summed E-state index contributed by atoms with van der Waals surface area (Å²) in [6, 6.07) is 3.05. The van der Waals surface area contributed by atoms with E-state index in [9.17, 15) is 4.39 Å². The first-order valence-corrected chi connectivity index (χ1v) is 6.41. The van der Waals surface area contributed by atoms with E-state index in [0.29, 0.717) is 17.5 Å². The van der Waals surface area contributed by atoms with Gasteiger partial charge in [-0.05, 0) is 18.3 Å². The highest BCUT2D eigenvalue weighted by molar-refractivity contribution is 5.70. The number of anilines is 2. The quantitative estimate of drug-likeness (QED) is 0.841. The summed E-state index contributed by atoms with van der Waals surface area (Å²) in [5, 5.41) is 0. The van der Waals surface area contributed by atoms with Crippen molar-refractivity contribution in [2.75, 3.05) is 30.8 Å². The normalized spacial score (nSPS) is 19.6. The first-order chi connectivity index (χ1) is 8.52. The Morgan fingerprint density at radius 2 is 2.17 bits per heavy atom. The highest BCUT2D eigenvalue weighted by Gasteiger charge is 2.26. The number of hydrogen-bond acceptors (Lipinski definition) is 3. The van der Waals surface area contributed by atoms with E-state index in [2.05, 4.69) is 18.7 Å². The number of rotatable bonds is 3. The van der Waals surface area contributed by atoms with Crippen molar-refractivity contribution < 1.29 is 9.13 Å². The Kier molecular flexibility index (Phi) is 3.64. The zero-order valence-corrected chi connectivity index (χ0v) is 11.2. The molecule has 1 heterocycles. The van der Waals surface area contributed by atoms with E-state index in [4.69, 9.17) is 10.5 Å². The monoisotopic (exact) mass is 252 g/mol. The number of hydrogen-bond donors (Lipinski definition) is 1. The van der Waals surface area contributed by atoms with Gasteiger partial charge in [-0.1, -0.05) is 13.8 Å². The molecule has 3 nitrogen and oxygen atoms in total. The Morgan fingerprint density at radius 1 is 1.44 bits per heavy atom. The lowest BCUT2D eigenvalue weighted by Gasteiger charge is -2.22. The van der Waals surface area contributed by atoms with Gasteiger partial charge in [0.1, 0.15) is 0 Å². The summed E-state index contributed by atoms with van der Waals surface area (Å²) in [7, 11) is 1.47. The molecule has 0 saturated carbocycles. The molecule has 100 valence electrons. The van der Waals surface area contributed by atoms with E-state index < -0.39 is 5.82 Å². The predicted molar refractivity (Wildman–Crippen MR) is 72.5 cm³/mol. The van der Waals surface area contributed by atoms with Crippen LogP contribution < -0.4 is 15.4 Å². The number of nitrogen functional groups attached to an aromatic ring is 1. The van der Waals surface area contributed by atoms with Crippen LogP contribution in [-0.2, 0) is 0 Å². The molecule has 1 atom stereocenters. The molecule has 0 bridgehead atoms. The van der Waals surface area contributed by atoms with Gasteiger partial charge in [-0.15, -0.1) is 0 Å². The minimum atomic E-state index is -0.404. The van der Waals surface area contributed by atoms with Crippen molar-refractivity contribution >= 4 is 11.4 Å². The highest BCUT2D eigenvalue weighted by atomic mass is 19.1. The Hall–Kier alpha value is -1.45. The first-order valence-electron chi connectivity index (χ1n) is 6.41. The second-order valence-electron chi connectivity index (χ2n) is 5.28. The van der Waals surface area contributed by atoms with E-state index in [0.717, 1.165) is 25.2 Å². The van der Waals surface area contributed by atoms with Crippen molar-refractivity contribution in [2.45, 2.75) is 20.3 Å². The molecule has 0 amide bonds. The summed E-state index contributed by atoms with van der Waals surface area (Å²) in [6.07, 6.45) is 1.16. The fraction of sp³-hybridized carbons (Fsp3) is 0.571. The van der Waals surface area contributed by atoms with Crippen LogP contribution in [0, 0.1) is 17.7 Å². The van der Waals surface area contributed by atoms with E-state index in [1.807, 2.05) is 0 Å². The van der Waals surface area contributed by atoms with Crippen LogP contribution in [0.3, 0.4) is 0 Å². The lowest BCUT2D eigenvalue weighted by Crippen LogP contribution is -2.22. The number of nitrogens with zero attached hydrogens (tertiary/aromatic N) is 1. The van der Waals surface area contributed by atoms with Crippen molar-refractivity contribution in [3.63, 3.8) is 0 Å². The number of ether oxygens (including phenoxy) is 1. The lowest BCUT2D eigenvalue weighted by molar-refractivity contribution is 0.386. The third kappa shape index (κ3) is 2.37. The summed E-state index contributed by atoms with van der Waals surface area (Å²) < 4.78 is 18.5. The van der Waals surface area contributed by atoms with Crippen molar-refractivity contribution in [3.05, 3.63) is 17.9 Å². The van der Waals surface area contributed by atoms with Crippen LogP contribution in [0.5, 0.6) is 5.75 Å². The van der Waals surface area contributed by atoms with Crippen LogP contribution in [0.1, 0.15) is 20.3 Å². The average Bonchev–Trinajstić information content (AvgIpc) is 2.78. The van der Waals surface area contributed by atoms with Gasteiger partial charge >= 0.3 is 0 Å². The maximum absolute atomic E-state index is 13.5. The summed E-state index contributed by atoms with van der Waals surface area (Å²) in [4.78, 5) is 2.22. The minimum absolute atomic E-state index is 0.257.